The van der Waals surface area contributed by atoms with Gasteiger partial charge in [0.2, 0.25) is 0 Å². The van der Waals surface area contributed by atoms with Crippen LogP contribution in [0.25, 0.3) is 0 Å². The minimum Gasteiger partial charge on any atom is -0.379 e. The zero-order valence-electron chi connectivity index (χ0n) is 13.7. The second-order valence-electron chi connectivity index (χ2n) is 6.15. The van der Waals surface area contributed by atoms with E-state index in [1.165, 1.54) is 0 Å². The SMILES string of the molecule is CC(C)CN(C)CCc1cn(CCCOC(C)C)nn1. The summed E-state index contributed by atoms with van der Waals surface area (Å²) >= 11 is 0. The monoisotopic (exact) mass is 282 g/mol. The molecule has 0 radical (unpaired) electrons. The van der Waals surface area contributed by atoms with Crippen LogP contribution in [-0.4, -0.2) is 52.7 Å². The minimum atomic E-state index is 0.304. The molecule has 0 aliphatic carbocycles. The largest absolute Gasteiger partial charge is 0.379 e. The Kier molecular flexibility index (Phi) is 7.77. The molecule has 0 aliphatic rings. The second-order valence-corrected chi connectivity index (χ2v) is 6.15. The Bertz CT molecular complexity index is 363. The normalized spacial score (nSPS) is 12.0. The molecule has 0 saturated heterocycles. The number of hydrogen-bond acceptors (Lipinski definition) is 4. The first kappa shape index (κ1) is 17.1. The quantitative estimate of drug-likeness (QED) is 0.617. The van der Waals surface area contributed by atoms with Gasteiger partial charge in [-0.15, -0.1) is 5.10 Å². The fourth-order valence-electron chi connectivity index (χ4n) is 2.13. The molecule has 0 aliphatic heterocycles. The van der Waals surface area contributed by atoms with E-state index in [1.807, 2.05) is 4.68 Å². The molecular weight excluding hydrogens is 252 g/mol. The molecule has 1 aromatic rings. The lowest BCUT2D eigenvalue weighted by Crippen LogP contribution is -2.25. The van der Waals surface area contributed by atoms with Gasteiger partial charge in [-0.25, -0.2) is 0 Å². The van der Waals surface area contributed by atoms with E-state index in [4.69, 9.17) is 4.74 Å². The van der Waals surface area contributed by atoms with Crippen molar-refractivity contribution in [1.29, 1.82) is 0 Å². The van der Waals surface area contributed by atoms with Crippen LogP contribution in [0.2, 0.25) is 0 Å². The lowest BCUT2D eigenvalue weighted by Gasteiger charge is -2.17. The van der Waals surface area contributed by atoms with Crippen LogP contribution in [0.4, 0.5) is 0 Å². The topological polar surface area (TPSA) is 43.2 Å². The predicted octanol–water partition coefficient (Wildman–Crippen LogP) is 2.22. The van der Waals surface area contributed by atoms with Crippen molar-refractivity contribution in [2.45, 2.75) is 53.2 Å². The fraction of sp³-hybridized carbons (Fsp3) is 0.867. The number of hydrogen-bond donors (Lipinski definition) is 0. The third-order valence-corrected chi connectivity index (χ3v) is 3.00. The molecule has 0 N–H and O–H groups in total. The van der Waals surface area contributed by atoms with Crippen molar-refractivity contribution in [3.8, 4) is 0 Å². The maximum atomic E-state index is 5.52. The highest BCUT2D eigenvalue weighted by atomic mass is 16.5. The first-order chi connectivity index (χ1) is 9.47. The van der Waals surface area contributed by atoms with Gasteiger partial charge in [0.25, 0.3) is 0 Å². The molecule has 5 heteroatoms. The molecule has 1 heterocycles. The van der Waals surface area contributed by atoms with E-state index >= 15 is 0 Å². The van der Waals surface area contributed by atoms with E-state index in [-0.39, 0.29) is 0 Å². The van der Waals surface area contributed by atoms with Gasteiger partial charge in [0, 0.05) is 38.9 Å². The highest BCUT2D eigenvalue weighted by Gasteiger charge is 2.05. The summed E-state index contributed by atoms with van der Waals surface area (Å²) in [5.41, 5.74) is 1.07. The summed E-state index contributed by atoms with van der Waals surface area (Å²) in [5.74, 6) is 0.705. The molecule has 0 spiro atoms. The van der Waals surface area contributed by atoms with Crippen LogP contribution in [0.15, 0.2) is 6.20 Å². The Hall–Kier alpha value is -0.940. The van der Waals surface area contributed by atoms with Crippen molar-refractivity contribution in [3.05, 3.63) is 11.9 Å². The zero-order valence-corrected chi connectivity index (χ0v) is 13.7. The maximum absolute atomic E-state index is 5.52. The van der Waals surface area contributed by atoms with Crippen LogP contribution in [0.1, 0.15) is 39.8 Å². The Balaban J connectivity index is 2.22. The fourth-order valence-corrected chi connectivity index (χ4v) is 2.13. The van der Waals surface area contributed by atoms with Crippen molar-refractivity contribution in [2.24, 2.45) is 5.92 Å². The van der Waals surface area contributed by atoms with Gasteiger partial charge in [0.1, 0.15) is 0 Å². The lowest BCUT2D eigenvalue weighted by molar-refractivity contribution is 0.0742. The highest BCUT2D eigenvalue weighted by Crippen LogP contribution is 2.01. The summed E-state index contributed by atoms with van der Waals surface area (Å²) in [7, 11) is 2.16. The summed E-state index contributed by atoms with van der Waals surface area (Å²) in [5, 5.41) is 8.39. The average Bonchev–Trinajstić information content (AvgIpc) is 2.79. The summed E-state index contributed by atoms with van der Waals surface area (Å²) in [6.45, 7) is 12.4. The van der Waals surface area contributed by atoms with E-state index in [0.29, 0.717) is 12.0 Å². The van der Waals surface area contributed by atoms with Crippen LogP contribution in [-0.2, 0) is 17.7 Å². The molecule has 0 bridgehead atoms. The van der Waals surface area contributed by atoms with Crippen molar-refractivity contribution in [2.75, 3.05) is 26.7 Å². The molecule has 20 heavy (non-hydrogen) atoms. The molecule has 1 aromatic heterocycles. The standard InChI is InChI=1S/C15H30N4O/c1-13(2)11-18(5)9-7-15-12-19(17-16-15)8-6-10-20-14(3)4/h12-14H,6-11H2,1-5H3. The Morgan fingerprint density at radius 3 is 2.70 bits per heavy atom. The molecule has 0 saturated carbocycles. The first-order valence-electron chi connectivity index (χ1n) is 7.66. The highest BCUT2D eigenvalue weighted by molar-refractivity contribution is 4.93. The number of aryl methyl sites for hydroxylation is 1. The minimum absolute atomic E-state index is 0.304. The summed E-state index contributed by atoms with van der Waals surface area (Å²) in [6.07, 6.45) is 4.30. The Labute approximate surface area is 123 Å². The number of nitrogens with zero attached hydrogens (tertiary/aromatic N) is 4. The number of likely N-dealkylation sites (N-methyl/N-ethyl adjacent to an activating group) is 1. The summed E-state index contributed by atoms with van der Waals surface area (Å²) in [4.78, 5) is 2.35. The van der Waals surface area contributed by atoms with Gasteiger partial charge in [-0.1, -0.05) is 19.1 Å². The molecule has 0 amide bonds. The van der Waals surface area contributed by atoms with E-state index < -0.39 is 0 Å². The van der Waals surface area contributed by atoms with Gasteiger partial charge < -0.3 is 9.64 Å². The number of aromatic nitrogens is 3. The average molecular weight is 282 g/mol. The van der Waals surface area contributed by atoms with E-state index in [1.54, 1.807) is 0 Å². The van der Waals surface area contributed by atoms with E-state index in [0.717, 1.165) is 44.8 Å². The van der Waals surface area contributed by atoms with Gasteiger partial charge in [0.15, 0.2) is 0 Å². The second kappa shape index (κ2) is 9.08. The maximum Gasteiger partial charge on any atom is 0.0839 e. The third-order valence-electron chi connectivity index (χ3n) is 3.00. The van der Waals surface area contributed by atoms with Crippen LogP contribution in [0.5, 0.6) is 0 Å². The Morgan fingerprint density at radius 2 is 2.05 bits per heavy atom. The summed E-state index contributed by atoms with van der Waals surface area (Å²) < 4.78 is 7.44. The smallest absolute Gasteiger partial charge is 0.0839 e. The van der Waals surface area contributed by atoms with Gasteiger partial charge in [-0.3, -0.25) is 4.68 Å². The molecule has 0 aromatic carbocycles. The molecule has 5 nitrogen and oxygen atoms in total. The van der Waals surface area contributed by atoms with Gasteiger partial charge in [-0.2, -0.15) is 0 Å². The molecule has 116 valence electrons. The van der Waals surface area contributed by atoms with Crippen LogP contribution >= 0.6 is 0 Å². The predicted molar refractivity (Wildman–Crippen MR) is 81.8 cm³/mol. The number of ether oxygens (including phenoxy) is 1. The molecular formula is C15H30N4O. The Morgan fingerprint density at radius 1 is 1.30 bits per heavy atom. The van der Waals surface area contributed by atoms with Gasteiger partial charge >= 0.3 is 0 Å². The third kappa shape index (κ3) is 7.60. The molecule has 0 fully saturated rings. The van der Waals surface area contributed by atoms with Crippen molar-refractivity contribution in [3.63, 3.8) is 0 Å². The zero-order chi connectivity index (χ0) is 15.0. The molecule has 0 atom stereocenters. The van der Waals surface area contributed by atoms with Crippen LogP contribution in [0, 0.1) is 5.92 Å². The molecule has 0 unspecified atom stereocenters. The van der Waals surface area contributed by atoms with Crippen LogP contribution in [0.3, 0.4) is 0 Å². The molecule has 1 rings (SSSR count). The lowest BCUT2D eigenvalue weighted by atomic mass is 10.2. The van der Waals surface area contributed by atoms with Crippen molar-refractivity contribution >= 4 is 0 Å². The van der Waals surface area contributed by atoms with Gasteiger partial charge in [0.05, 0.1) is 11.8 Å². The van der Waals surface area contributed by atoms with Crippen molar-refractivity contribution < 1.29 is 4.74 Å². The van der Waals surface area contributed by atoms with Crippen LogP contribution < -0.4 is 0 Å². The first-order valence-corrected chi connectivity index (χ1v) is 7.66. The van der Waals surface area contributed by atoms with E-state index in [9.17, 15) is 0 Å². The number of rotatable bonds is 10. The summed E-state index contributed by atoms with van der Waals surface area (Å²) in [6, 6.07) is 0. The van der Waals surface area contributed by atoms with Crippen molar-refractivity contribution in [1.82, 2.24) is 19.9 Å². The van der Waals surface area contributed by atoms with E-state index in [2.05, 4.69) is 56.2 Å². The van der Waals surface area contributed by atoms with Gasteiger partial charge in [-0.05, 0) is 33.2 Å².